The molecule has 2 aliphatic heterocycles. The quantitative estimate of drug-likeness (QED) is 0.652. The van der Waals surface area contributed by atoms with Gasteiger partial charge in [0.1, 0.15) is 22.6 Å². The fraction of sp³-hybridized carbons (Fsp3) is 0.267. The third kappa shape index (κ3) is 3.61. The summed E-state index contributed by atoms with van der Waals surface area (Å²) in [5.41, 5.74) is 2.42. The number of aliphatic carboxylic acids is 1. The van der Waals surface area contributed by atoms with Gasteiger partial charge in [-0.25, -0.2) is 4.79 Å². The Labute approximate surface area is 170 Å². The van der Waals surface area contributed by atoms with Crippen molar-refractivity contribution in [1.82, 2.24) is 20.4 Å². The number of fused-ring (bicyclic) bond motifs is 1. The van der Waals surface area contributed by atoms with E-state index in [1.807, 2.05) is 16.8 Å². The van der Waals surface area contributed by atoms with Crippen LogP contribution in [0, 0.1) is 0 Å². The van der Waals surface area contributed by atoms with Crippen molar-refractivity contribution in [1.29, 1.82) is 0 Å². The van der Waals surface area contributed by atoms with Gasteiger partial charge in [-0.15, -0.1) is 22.0 Å². The molecule has 2 amide bonds. The highest BCUT2D eigenvalue weighted by Gasteiger charge is 2.54. The summed E-state index contributed by atoms with van der Waals surface area (Å²) in [4.78, 5) is 38.3. The van der Waals surface area contributed by atoms with Gasteiger partial charge in [0.2, 0.25) is 5.91 Å². The van der Waals surface area contributed by atoms with Crippen molar-refractivity contribution in [3.8, 4) is 0 Å². The zero-order chi connectivity index (χ0) is 19.0. The van der Waals surface area contributed by atoms with Crippen LogP contribution in [0.1, 0.15) is 5.56 Å². The van der Waals surface area contributed by atoms with Crippen molar-refractivity contribution >= 4 is 64.0 Å². The molecular weight excluding hydrogens is 428 g/mol. The zero-order valence-corrected chi connectivity index (χ0v) is 16.8. The number of carbonyl (C=O) groups is 3. The number of carbonyl (C=O) groups excluding carboxylic acids is 2. The molecule has 2 aliphatic rings. The predicted octanol–water partition coefficient (Wildman–Crippen LogP) is 1.63. The van der Waals surface area contributed by atoms with E-state index in [0.717, 1.165) is 5.56 Å². The SMILES string of the molecule is O=C(Cc1ccsc1)N[C@@H]1C(=O)N2C(C(=O)O)=C(Sc3nncs3)CS[C@H]12. The molecule has 140 valence electrons. The molecule has 2 aromatic rings. The number of hydrogen-bond acceptors (Lipinski definition) is 9. The third-order valence-electron chi connectivity index (χ3n) is 3.95. The minimum atomic E-state index is -1.16. The maximum Gasteiger partial charge on any atom is 0.353 e. The maximum absolute atomic E-state index is 12.6. The topological polar surface area (TPSA) is 112 Å². The van der Waals surface area contributed by atoms with Crippen molar-refractivity contribution in [2.24, 2.45) is 0 Å². The second-order valence-corrected chi connectivity index (χ2v) is 9.71. The number of β-lactam (4-membered cyclic amide) rings is 1. The normalized spacial score (nSPS) is 21.6. The fourth-order valence-electron chi connectivity index (χ4n) is 2.79. The lowest BCUT2D eigenvalue weighted by atomic mass is 10.0. The van der Waals surface area contributed by atoms with Gasteiger partial charge in [0.05, 0.1) is 6.42 Å². The van der Waals surface area contributed by atoms with E-state index in [1.165, 1.54) is 51.1 Å². The van der Waals surface area contributed by atoms with Crippen LogP contribution >= 0.6 is 46.2 Å². The van der Waals surface area contributed by atoms with Crippen LogP contribution in [0.15, 0.2) is 37.3 Å². The van der Waals surface area contributed by atoms with E-state index in [4.69, 9.17) is 0 Å². The summed E-state index contributed by atoms with van der Waals surface area (Å²) in [5.74, 6) is -1.39. The number of thioether (sulfide) groups is 2. The first-order valence-corrected chi connectivity index (χ1v) is 11.4. The molecule has 0 saturated carbocycles. The molecule has 4 rings (SSSR count). The van der Waals surface area contributed by atoms with Gasteiger partial charge >= 0.3 is 5.97 Å². The van der Waals surface area contributed by atoms with Gasteiger partial charge in [-0.1, -0.05) is 23.1 Å². The summed E-state index contributed by atoms with van der Waals surface area (Å²) < 4.78 is 0.622. The Morgan fingerprint density at radius 2 is 2.30 bits per heavy atom. The van der Waals surface area contributed by atoms with E-state index >= 15 is 0 Å². The van der Waals surface area contributed by atoms with E-state index in [2.05, 4.69) is 15.5 Å². The van der Waals surface area contributed by atoms with Crippen molar-refractivity contribution in [2.75, 3.05) is 5.75 Å². The third-order valence-corrected chi connectivity index (χ3v) is 8.00. The summed E-state index contributed by atoms with van der Waals surface area (Å²) in [6, 6.07) is 1.15. The van der Waals surface area contributed by atoms with Crippen LogP contribution in [-0.4, -0.2) is 55.2 Å². The zero-order valence-electron chi connectivity index (χ0n) is 13.5. The summed E-state index contributed by atoms with van der Waals surface area (Å²) in [6.07, 6.45) is 0.199. The standard InChI is InChI=1S/C15H12N4O4S4/c20-9(3-7-1-2-24-4-7)17-10-12(21)19-11(14(22)23)8(5-25-13(10)19)27-15-18-16-6-26-15/h1-2,4,6,10,13H,3,5H2,(H,17,20)(H,22,23)/t10-,13-/m1/s1. The fourth-order valence-corrected chi connectivity index (χ4v) is 6.57. The van der Waals surface area contributed by atoms with E-state index in [0.29, 0.717) is 15.0 Å². The van der Waals surface area contributed by atoms with E-state index in [-0.39, 0.29) is 18.0 Å². The molecule has 1 saturated heterocycles. The smallest absolute Gasteiger partial charge is 0.353 e. The Kier molecular flexibility index (Phi) is 5.21. The van der Waals surface area contributed by atoms with E-state index in [1.54, 1.807) is 5.51 Å². The first kappa shape index (κ1) is 18.5. The summed E-state index contributed by atoms with van der Waals surface area (Å²) in [7, 11) is 0. The molecular formula is C15H12N4O4S4. The number of amides is 2. The number of nitrogens with zero attached hydrogens (tertiary/aromatic N) is 3. The first-order chi connectivity index (χ1) is 13.0. The summed E-state index contributed by atoms with van der Waals surface area (Å²) >= 11 is 5.45. The van der Waals surface area contributed by atoms with Crippen LogP contribution in [0.4, 0.5) is 0 Å². The highest BCUT2D eigenvalue weighted by atomic mass is 32.2. The molecule has 2 aromatic heterocycles. The lowest BCUT2D eigenvalue weighted by Crippen LogP contribution is -2.70. The number of thiophene rings is 1. The largest absolute Gasteiger partial charge is 0.477 e. The molecule has 2 N–H and O–H groups in total. The molecule has 1 fully saturated rings. The number of nitrogens with one attached hydrogen (secondary N) is 1. The van der Waals surface area contributed by atoms with E-state index in [9.17, 15) is 19.5 Å². The van der Waals surface area contributed by atoms with Crippen LogP contribution in [0.2, 0.25) is 0 Å². The molecule has 0 aromatic carbocycles. The van der Waals surface area contributed by atoms with Gasteiger partial charge in [-0.05, 0) is 22.4 Å². The molecule has 0 aliphatic carbocycles. The molecule has 0 spiro atoms. The monoisotopic (exact) mass is 440 g/mol. The van der Waals surface area contributed by atoms with Gasteiger partial charge in [-0.2, -0.15) is 11.3 Å². The van der Waals surface area contributed by atoms with Gasteiger partial charge < -0.3 is 10.4 Å². The molecule has 8 nitrogen and oxygen atoms in total. The number of hydrogen-bond donors (Lipinski definition) is 2. The van der Waals surface area contributed by atoms with Crippen LogP contribution < -0.4 is 5.32 Å². The minimum absolute atomic E-state index is 0.0349. The Morgan fingerprint density at radius 1 is 1.44 bits per heavy atom. The van der Waals surface area contributed by atoms with Gasteiger partial charge in [0, 0.05) is 10.7 Å². The molecule has 2 atom stereocenters. The van der Waals surface area contributed by atoms with Gasteiger partial charge in [-0.3, -0.25) is 14.5 Å². The van der Waals surface area contributed by atoms with Gasteiger partial charge in [0.25, 0.3) is 5.91 Å². The summed E-state index contributed by atoms with van der Waals surface area (Å²) in [5, 5.41) is 23.4. The maximum atomic E-state index is 12.6. The second-order valence-electron chi connectivity index (χ2n) is 5.65. The van der Waals surface area contributed by atoms with Crippen LogP contribution in [0.3, 0.4) is 0 Å². The number of carboxylic acids is 1. The highest BCUT2D eigenvalue weighted by Crippen LogP contribution is 2.45. The van der Waals surface area contributed by atoms with E-state index < -0.39 is 23.3 Å². The minimum Gasteiger partial charge on any atom is -0.477 e. The Hall–Kier alpha value is -1.89. The lowest BCUT2D eigenvalue weighted by Gasteiger charge is -2.49. The van der Waals surface area contributed by atoms with Crippen LogP contribution in [0.5, 0.6) is 0 Å². The molecule has 0 bridgehead atoms. The Balaban J connectivity index is 1.48. The average Bonchev–Trinajstić information content (AvgIpc) is 3.33. The Bertz CT molecular complexity index is 912. The Morgan fingerprint density at radius 3 is 2.96 bits per heavy atom. The first-order valence-electron chi connectivity index (χ1n) is 7.70. The molecule has 27 heavy (non-hydrogen) atoms. The molecule has 0 unspecified atom stereocenters. The molecule has 12 heteroatoms. The highest BCUT2D eigenvalue weighted by molar-refractivity contribution is 8.07. The van der Waals surface area contributed by atoms with Crippen molar-refractivity contribution < 1.29 is 19.5 Å². The number of carboxylic acid groups (broad SMARTS) is 1. The molecule has 4 heterocycles. The number of rotatable bonds is 6. The van der Waals surface area contributed by atoms with Crippen LogP contribution in [-0.2, 0) is 20.8 Å². The van der Waals surface area contributed by atoms with Gasteiger partial charge in [0.15, 0.2) is 4.34 Å². The van der Waals surface area contributed by atoms with Crippen molar-refractivity contribution in [2.45, 2.75) is 22.2 Å². The summed E-state index contributed by atoms with van der Waals surface area (Å²) in [6.45, 7) is 0. The van der Waals surface area contributed by atoms with Crippen molar-refractivity contribution in [3.05, 3.63) is 38.5 Å². The second kappa shape index (κ2) is 7.62. The van der Waals surface area contributed by atoms with Crippen molar-refractivity contribution in [3.63, 3.8) is 0 Å². The lowest BCUT2D eigenvalue weighted by molar-refractivity contribution is -0.150. The average molecular weight is 441 g/mol. The number of aromatic nitrogens is 2. The van der Waals surface area contributed by atoms with Crippen LogP contribution in [0.25, 0.3) is 0 Å². The molecule has 0 radical (unpaired) electrons. The predicted molar refractivity (Wildman–Crippen MR) is 103 cm³/mol.